The van der Waals surface area contributed by atoms with Gasteiger partial charge in [0.2, 0.25) is 0 Å². The van der Waals surface area contributed by atoms with Crippen molar-refractivity contribution < 1.29 is 9.53 Å². The summed E-state index contributed by atoms with van der Waals surface area (Å²) in [5.41, 5.74) is 2.26. The van der Waals surface area contributed by atoms with Crippen LogP contribution in [0, 0.1) is 0 Å². The quantitative estimate of drug-likeness (QED) is 0.335. The smallest absolute Gasteiger partial charge is 0.286 e. The number of anilines is 1. The molecule has 0 aliphatic carbocycles. The number of carbonyl (C=O) groups is 1. The lowest BCUT2D eigenvalue weighted by atomic mass is 10.1. The van der Waals surface area contributed by atoms with Crippen LogP contribution in [0.5, 0.6) is 5.75 Å². The number of unbranched alkanes of at least 4 members (excludes halogenated alkanes) is 1. The zero-order valence-electron chi connectivity index (χ0n) is 19.4. The molecule has 2 aliphatic heterocycles. The van der Waals surface area contributed by atoms with E-state index in [0.717, 1.165) is 62.1 Å². The van der Waals surface area contributed by atoms with Gasteiger partial charge in [-0.15, -0.1) is 0 Å². The minimum atomic E-state index is -0.153. The van der Waals surface area contributed by atoms with E-state index in [1.807, 2.05) is 30.3 Å². The lowest BCUT2D eigenvalue weighted by molar-refractivity contribution is -0.113. The Morgan fingerprint density at radius 1 is 0.941 bits per heavy atom. The third kappa shape index (κ3) is 4.97. The number of hydrogen-bond acceptors (Lipinski definition) is 5. The summed E-state index contributed by atoms with van der Waals surface area (Å²) in [6.07, 6.45) is 4.09. The molecule has 0 saturated carbocycles. The SMILES string of the molecule is CCCCOc1ccc(/C=C2/SC(N3CCN(c4cccc5ccccc45)CC3)=NC2=O)cc1. The van der Waals surface area contributed by atoms with Gasteiger partial charge in [-0.05, 0) is 53.4 Å². The second-order valence-electron chi connectivity index (χ2n) is 8.55. The molecule has 1 fully saturated rings. The predicted molar refractivity (Wildman–Crippen MR) is 143 cm³/mol. The average molecular weight is 472 g/mol. The molecule has 0 radical (unpaired) electrons. The molecule has 34 heavy (non-hydrogen) atoms. The van der Waals surface area contributed by atoms with Crippen LogP contribution in [0.25, 0.3) is 16.8 Å². The van der Waals surface area contributed by atoms with E-state index in [1.54, 1.807) is 0 Å². The fourth-order valence-corrected chi connectivity index (χ4v) is 5.27. The number of aliphatic imine (C=N–C) groups is 1. The number of thioether (sulfide) groups is 1. The maximum absolute atomic E-state index is 12.6. The van der Waals surface area contributed by atoms with Crippen molar-refractivity contribution in [2.45, 2.75) is 19.8 Å². The number of benzene rings is 3. The van der Waals surface area contributed by atoms with Gasteiger partial charge in [0, 0.05) is 37.3 Å². The van der Waals surface area contributed by atoms with E-state index < -0.39 is 0 Å². The Kier molecular flexibility index (Phi) is 6.86. The van der Waals surface area contributed by atoms with E-state index in [-0.39, 0.29) is 5.91 Å². The second kappa shape index (κ2) is 10.3. The summed E-state index contributed by atoms with van der Waals surface area (Å²) >= 11 is 1.48. The van der Waals surface area contributed by atoms with Crippen molar-refractivity contribution >= 4 is 45.4 Å². The average Bonchev–Trinajstić information content (AvgIpc) is 3.25. The van der Waals surface area contributed by atoms with Crippen molar-refractivity contribution in [3.63, 3.8) is 0 Å². The van der Waals surface area contributed by atoms with E-state index in [9.17, 15) is 4.79 Å². The first kappa shape index (κ1) is 22.5. The highest BCUT2D eigenvalue weighted by Gasteiger charge is 2.28. The molecule has 1 saturated heterocycles. The van der Waals surface area contributed by atoms with Gasteiger partial charge in [0.05, 0.1) is 11.5 Å². The second-order valence-corrected chi connectivity index (χ2v) is 9.56. The third-order valence-electron chi connectivity index (χ3n) is 6.21. The summed E-state index contributed by atoms with van der Waals surface area (Å²) < 4.78 is 5.73. The molecule has 0 N–H and O–H groups in total. The topological polar surface area (TPSA) is 45.1 Å². The van der Waals surface area contributed by atoms with Crippen LogP contribution in [-0.2, 0) is 4.79 Å². The molecule has 0 unspecified atom stereocenters. The molecular formula is C28H29N3O2S. The minimum Gasteiger partial charge on any atom is -0.494 e. The number of amides is 1. The highest BCUT2D eigenvalue weighted by atomic mass is 32.2. The molecule has 174 valence electrons. The Bertz CT molecular complexity index is 1220. The number of piperazine rings is 1. The van der Waals surface area contributed by atoms with Crippen molar-refractivity contribution in [1.29, 1.82) is 0 Å². The van der Waals surface area contributed by atoms with E-state index in [1.165, 1.54) is 28.2 Å². The standard InChI is InChI=1S/C28H29N3O2S/c1-2-3-19-33-23-13-11-21(12-14-23)20-26-27(32)29-28(34-26)31-17-15-30(16-18-31)25-10-6-8-22-7-4-5-9-24(22)25/h4-14,20H,2-3,15-19H2,1H3/b26-20+. The van der Waals surface area contributed by atoms with E-state index in [4.69, 9.17) is 4.74 Å². The Labute approximate surface area is 205 Å². The number of amidine groups is 1. The Morgan fingerprint density at radius 2 is 1.68 bits per heavy atom. The van der Waals surface area contributed by atoms with Crippen LogP contribution in [0.4, 0.5) is 5.69 Å². The number of ether oxygens (including phenoxy) is 1. The highest BCUT2D eigenvalue weighted by molar-refractivity contribution is 8.18. The van der Waals surface area contributed by atoms with Gasteiger partial charge in [-0.3, -0.25) is 4.79 Å². The fourth-order valence-electron chi connectivity index (χ4n) is 4.30. The van der Waals surface area contributed by atoms with E-state index >= 15 is 0 Å². The zero-order valence-corrected chi connectivity index (χ0v) is 20.3. The molecule has 1 amide bonds. The molecule has 0 spiro atoms. The van der Waals surface area contributed by atoms with Crippen LogP contribution in [0.1, 0.15) is 25.3 Å². The highest BCUT2D eigenvalue weighted by Crippen LogP contribution is 2.32. The summed E-state index contributed by atoms with van der Waals surface area (Å²) in [6.45, 7) is 6.38. The van der Waals surface area contributed by atoms with E-state index in [0.29, 0.717) is 4.91 Å². The molecule has 2 heterocycles. The van der Waals surface area contributed by atoms with Gasteiger partial charge in [-0.2, -0.15) is 4.99 Å². The van der Waals surface area contributed by atoms with Gasteiger partial charge in [-0.25, -0.2) is 0 Å². The molecule has 5 nitrogen and oxygen atoms in total. The Hall–Kier alpha value is -3.25. The number of hydrogen-bond donors (Lipinski definition) is 0. The molecule has 0 bridgehead atoms. The molecule has 6 heteroatoms. The minimum absolute atomic E-state index is 0.153. The van der Waals surface area contributed by atoms with Gasteiger partial charge in [-0.1, -0.05) is 61.9 Å². The van der Waals surface area contributed by atoms with Gasteiger partial charge in [0.25, 0.3) is 5.91 Å². The summed E-state index contributed by atoms with van der Waals surface area (Å²) in [5, 5.41) is 3.36. The predicted octanol–water partition coefficient (Wildman–Crippen LogP) is 5.81. The van der Waals surface area contributed by atoms with Gasteiger partial charge in [0.15, 0.2) is 5.17 Å². The molecule has 3 aromatic carbocycles. The molecule has 2 aliphatic rings. The van der Waals surface area contributed by atoms with Crippen LogP contribution in [-0.4, -0.2) is 48.8 Å². The summed E-state index contributed by atoms with van der Waals surface area (Å²) in [7, 11) is 0. The third-order valence-corrected chi connectivity index (χ3v) is 7.26. The number of nitrogens with zero attached hydrogens (tertiary/aromatic N) is 3. The lowest BCUT2D eigenvalue weighted by Gasteiger charge is -2.37. The van der Waals surface area contributed by atoms with Crippen molar-refractivity contribution in [2.75, 3.05) is 37.7 Å². The van der Waals surface area contributed by atoms with Crippen LogP contribution in [0.2, 0.25) is 0 Å². The van der Waals surface area contributed by atoms with Crippen molar-refractivity contribution in [3.8, 4) is 5.75 Å². The van der Waals surface area contributed by atoms with E-state index in [2.05, 4.69) is 64.2 Å². The number of rotatable bonds is 6. The van der Waals surface area contributed by atoms with Crippen LogP contribution in [0.3, 0.4) is 0 Å². The summed E-state index contributed by atoms with van der Waals surface area (Å²) in [5.74, 6) is 0.710. The largest absolute Gasteiger partial charge is 0.494 e. The molecule has 0 atom stereocenters. The fraction of sp³-hybridized carbons (Fsp3) is 0.286. The van der Waals surface area contributed by atoms with Gasteiger partial charge < -0.3 is 14.5 Å². The summed E-state index contributed by atoms with van der Waals surface area (Å²) in [6, 6.07) is 22.9. The molecule has 0 aromatic heterocycles. The van der Waals surface area contributed by atoms with Crippen LogP contribution in [0.15, 0.2) is 76.6 Å². The van der Waals surface area contributed by atoms with Gasteiger partial charge in [0.1, 0.15) is 5.75 Å². The zero-order chi connectivity index (χ0) is 23.3. The number of carbonyl (C=O) groups excluding carboxylic acids is 1. The van der Waals surface area contributed by atoms with Crippen molar-refractivity contribution in [2.24, 2.45) is 4.99 Å². The first-order chi connectivity index (χ1) is 16.7. The maximum Gasteiger partial charge on any atom is 0.286 e. The summed E-state index contributed by atoms with van der Waals surface area (Å²) in [4.78, 5) is 22.3. The maximum atomic E-state index is 12.6. The monoisotopic (exact) mass is 471 g/mol. The lowest BCUT2D eigenvalue weighted by Crippen LogP contribution is -2.47. The van der Waals surface area contributed by atoms with Crippen molar-refractivity contribution in [1.82, 2.24) is 4.90 Å². The van der Waals surface area contributed by atoms with Gasteiger partial charge >= 0.3 is 0 Å². The first-order valence-electron chi connectivity index (χ1n) is 11.9. The first-order valence-corrected chi connectivity index (χ1v) is 12.8. The normalized spacial score (nSPS) is 17.5. The van der Waals surface area contributed by atoms with Crippen molar-refractivity contribution in [3.05, 3.63) is 77.2 Å². The molecule has 5 rings (SSSR count). The Morgan fingerprint density at radius 3 is 2.47 bits per heavy atom. The Balaban J connectivity index is 1.20. The number of fused-ring (bicyclic) bond motifs is 1. The van der Waals surface area contributed by atoms with Crippen LogP contribution >= 0.6 is 11.8 Å². The molecular weight excluding hydrogens is 442 g/mol. The molecule has 3 aromatic rings. The van der Waals surface area contributed by atoms with Crippen LogP contribution < -0.4 is 9.64 Å².